The Morgan fingerprint density at radius 3 is 1.75 bits per heavy atom. The van der Waals surface area contributed by atoms with E-state index in [2.05, 4.69) is 9.68 Å². The monoisotopic (exact) mass is 199 g/mol. The second-order valence-electron chi connectivity index (χ2n) is 1.59. The predicted octanol–water partition coefficient (Wildman–Crippen LogP) is -0.776. The maximum absolute atomic E-state index is 10.3. The number of nitrogens with zero attached hydrogens (tertiary/aromatic N) is 1. The summed E-state index contributed by atoms with van der Waals surface area (Å²) in [4.78, 5) is 9.04. The van der Waals surface area contributed by atoms with Crippen LogP contribution in [0.2, 0.25) is 0 Å². The lowest BCUT2D eigenvalue weighted by Gasteiger charge is -2.10. The second kappa shape index (κ2) is 7.35. The Hall–Kier alpha value is -0.300. The first kappa shape index (κ1) is 11.7. The summed E-state index contributed by atoms with van der Waals surface area (Å²) in [5, 5.41) is 16.5. The second-order valence-corrected chi connectivity index (χ2v) is 2.39. The lowest BCUT2D eigenvalue weighted by molar-refractivity contribution is -0.306. The molecule has 0 aromatic carbocycles. The van der Waals surface area contributed by atoms with Crippen LogP contribution in [0, 0.1) is 0 Å². The van der Waals surface area contributed by atoms with Crippen molar-refractivity contribution in [2.45, 2.75) is 0 Å². The van der Waals surface area contributed by atoms with Crippen molar-refractivity contribution in [1.29, 1.82) is 0 Å². The minimum Gasteiger partial charge on any atom is -0.394 e. The van der Waals surface area contributed by atoms with Gasteiger partial charge < -0.3 is 10.2 Å². The number of aliphatic hydroxyl groups excluding tert-OH is 2. The van der Waals surface area contributed by atoms with Gasteiger partial charge >= 0.3 is 7.83 Å². The zero-order valence-corrected chi connectivity index (χ0v) is 7.14. The molecule has 0 amide bonds. The van der Waals surface area contributed by atoms with Crippen molar-refractivity contribution in [3.05, 3.63) is 0 Å². The molecule has 0 atom stereocenters. The van der Waals surface area contributed by atoms with Crippen LogP contribution in [0.5, 0.6) is 0 Å². The van der Waals surface area contributed by atoms with Gasteiger partial charge in [-0.25, -0.2) is 9.13 Å². The predicted molar refractivity (Wildman–Crippen MR) is 36.2 cm³/mol. The highest BCUT2D eigenvalue weighted by molar-refractivity contribution is 7.27. The fourth-order valence-electron chi connectivity index (χ4n) is 0.369. The van der Waals surface area contributed by atoms with Crippen molar-refractivity contribution >= 4 is 7.83 Å². The van der Waals surface area contributed by atoms with Gasteiger partial charge in [-0.1, -0.05) is 0 Å². The molecule has 0 heterocycles. The molecule has 12 heavy (non-hydrogen) atoms. The molecule has 0 aliphatic carbocycles. The van der Waals surface area contributed by atoms with E-state index in [1.165, 1.54) is 0 Å². The lowest BCUT2D eigenvalue weighted by Crippen LogP contribution is -2.19. The molecule has 72 valence electrons. The topological polar surface area (TPSA) is 96.3 Å². The van der Waals surface area contributed by atoms with E-state index in [0.717, 1.165) is 0 Å². The van der Waals surface area contributed by atoms with Gasteiger partial charge in [0, 0.05) is 0 Å². The molecule has 0 saturated heterocycles. The minimum absolute atomic E-state index is 0.186. The third kappa shape index (κ3) is 5.36. The van der Waals surface area contributed by atoms with E-state index in [4.69, 9.17) is 10.2 Å². The summed E-state index contributed by atoms with van der Waals surface area (Å²) in [5.74, 6) is 0. The van der Waals surface area contributed by atoms with Crippen LogP contribution in [0.25, 0.3) is 0 Å². The summed E-state index contributed by atoms with van der Waals surface area (Å²) in [6.07, 6.45) is 0. The summed E-state index contributed by atoms with van der Waals surface area (Å²) >= 11 is 0. The van der Waals surface area contributed by atoms with Crippen molar-refractivity contribution in [2.75, 3.05) is 26.4 Å². The Kier molecular flexibility index (Phi) is 7.17. The fourth-order valence-corrected chi connectivity index (χ4v) is 0.721. The molecular weight excluding hydrogens is 189 g/mol. The highest BCUT2D eigenvalue weighted by Gasteiger charge is 2.10. The summed E-state index contributed by atoms with van der Waals surface area (Å²) in [7, 11) is -3.02. The van der Waals surface area contributed by atoms with E-state index in [0.29, 0.717) is 0 Å². The minimum atomic E-state index is -3.02. The molecule has 0 bridgehead atoms. The van der Waals surface area contributed by atoms with Gasteiger partial charge in [0.1, 0.15) is 0 Å². The van der Waals surface area contributed by atoms with E-state index in [9.17, 15) is 9.13 Å². The normalized spacial score (nSPS) is 10.6. The molecule has 7 nitrogen and oxygen atoms in total. The SMILES string of the molecule is O=P(=O)N(OCCO)OCCO. The quantitative estimate of drug-likeness (QED) is 0.410. The standard InChI is InChI=1S/C4H10NO6P/c6-1-3-10-5(12(8)9)11-4-2-7/h6-7H,1-4H2. The molecule has 2 N–H and O–H groups in total. The number of hydrogen-bond acceptors (Lipinski definition) is 6. The van der Waals surface area contributed by atoms with Gasteiger partial charge in [0.25, 0.3) is 0 Å². The largest absolute Gasteiger partial charge is 0.448 e. The van der Waals surface area contributed by atoms with Gasteiger partial charge in [0.15, 0.2) is 0 Å². The highest BCUT2D eigenvalue weighted by Crippen LogP contribution is 2.13. The lowest BCUT2D eigenvalue weighted by atomic mass is 10.8. The van der Waals surface area contributed by atoms with E-state index >= 15 is 0 Å². The molecule has 0 aromatic rings. The van der Waals surface area contributed by atoms with Crippen LogP contribution >= 0.6 is 7.83 Å². The maximum atomic E-state index is 10.3. The smallest absolute Gasteiger partial charge is 0.394 e. The first-order chi connectivity index (χ1) is 5.72. The van der Waals surface area contributed by atoms with Crippen molar-refractivity contribution < 1.29 is 29.0 Å². The number of rotatable bonds is 7. The van der Waals surface area contributed by atoms with Crippen molar-refractivity contribution in [2.24, 2.45) is 0 Å². The molecule has 0 aromatic heterocycles. The van der Waals surface area contributed by atoms with Crippen LogP contribution in [0.3, 0.4) is 0 Å². The van der Waals surface area contributed by atoms with Gasteiger partial charge in [-0.05, 0) is 0 Å². The van der Waals surface area contributed by atoms with Crippen LogP contribution in [0.4, 0.5) is 0 Å². The van der Waals surface area contributed by atoms with Crippen LogP contribution in [0.1, 0.15) is 0 Å². The first-order valence-corrected chi connectivity index (χ1v) is 4.27. The zero-order valence-electron chi connectivity index (χ0n) is 6.25. The molecule has 0 radical (unpaired) electrons. The van der Waals surface area contributed by atoms with Crippen molar-refractivity contribution in [3.63, 3.8) is 0 Å². The number of aliphatic hydroxyl groups is 2. The molecule has 0 aliphatic heterocycles. The Labute approximate surface area is 69.3 Å². The summed E-state index contributed by atoms with van der Waals surface area (Å²) in [6.45, 7) is -1.01. The molecule has 0 aliphatic rings. The third-order valence-electron chi connectivity index (χ3n) is 0.719. The molecule has 8 heteroatoms. The van der Waals surface area contributed by atoms with Gasteiger partial charge in [-0.2, -0.15) is 0 Å². The summed E-state index contributed by atoms with van der Waals surface area (Å²) in [5.41, 5.74) is 0. The Balaban J connectivity index is 3.70. The molecule has 0 spiro atoms. The van der Waals surface area contributed by atoms with Crippen LogP contribution in [0.15, 0.2) is 0 Å². The van der Waals surface area contributed by atoms with Crippen molar-refractivity contribution in [1.82, 2.24) is 5.00 Å². The molecule has 0 rings (SSSR count). The molecular formula is C4H10NO6P. The van der Waals surface area contributed by atoms with Gasteiger partial charge in [-0.15, -0.1) is 0 Å². The van der Waals surface area contributed by atoms with E-state index < -0.39 is 7.83 Å². The van der Waals surface area contributed by atoms with Crippen LogP contribution in [-0.4, -0.2) is 41.6 Å². The fraction of sp³-hybridized carbons (Fsp3) is 1.00. The maximum Gasteiger partial charge on any atom is 0.448 e. The van der Waals surface area contributed by atoms with E-state index in [1.807, 2.05) is 0 Å². The molecule has 0 unspecified atom stereocenters. The van der Waals surface area contributed by atoms with Gasteiger partial charge in [0.2, 0.25) is 0 Å². The molecule has 0 saturated carbocycles. The Morgan fingerprint density at radius 1 is 1.08 bits per heavy atom. The Bertz CT molecular complexity index is 155. The van der Waals surface area contributed by atoms with Crippen LogP contribution in [-0.2, 0) is 18.8 Å². The average Bonchev–Trinajstić information content (AvgIpc) is 2.04. The third-order valence-corrected chi connectivity index (χ3v) is 1.22. The van der Waals surface area contributed by atoms with E-state index in [1.54, 1.807) is 0 Å². The number of hydrogen-bond donors (Lipinski definition) is 2. The summed E-state index contributed by atoms with van der Waals surface area (Å²) in [6, 6.07) is 0. The van der Waals surface area contributed by atoms with Gasteiger partial charge in [0.05, 0.1) is 31.4 Å². The average molecular weight is 199 g/mol. The molecule has 0 fully saturated rings. The first-order valence-electron chi connectivity index (χ1n) is 3.14. The summed E-state index contributed by atoms with van der Waals surface area (Å²) < 4.78 is 20.5. The van der Waals surface area contributed by atoms with E-state index in [-0.39, 0.29) is 31.4 Å². The van der Waals surface area contributed by atoms with Crippen LogP contribution < -0.4 is 0 Å². The Morgan fingerprint density at radius 2 is 1.50 bits per heavy atom. The highest BCUT2D eigenvalue weighted by atomic mass is 31.1. The zero-order chi connectivity index (χ0) is 9.40. The van der Waals surface area contributed by atoms with Gasteiger partial charge in [-0.3, -0.25) is 9.68 Å². The van der Waals surface area contributed by atoms with Crippen molar-refractivity contribution in [3.8, 4) is 0 Å².